The second-order valence-electron chi connectivity index (χ2n) is 8.64. The number of carbonyl (C=O) groups is 2. The van der Waals surface area contributed by atoms with Gasteiger partial charge in [0.25, 0.3) is 0 Å². The van der Waals surface area contributed by atoms with E-state index in [0.717, 1.165) is 32.1 Å². The maximum atomic E-state index is 12.2. The average molecular weight is 309 g/mol. The van der Waals surface area contributed by atoms with Gasteiger partial charge in [0.15, 0.2) is 0 Å². The van der Waals surface area contributed by atoms with Gasteiger partial charge in [0.05, 0.1) is 0 Å². The predicted octanol–water partition coefficient (Wildman–Crippen LogP) is 3.17. The van der Waals surface area contributed by atoms with Crippen molar-refractivity contribution >= 4 is 12.1 Å². The number of hydrogen-bond acceptors (Lipinski definition) is 4. The lowest BCUT2D eigenvalue weighted by Crippen LogP contribution is -2.66. The number of rotatable bonds is 2. The minimum atomic E-state index is -0.500. The van der Waals surface area contributed by atoms with Crippen LogP contribution in [0.25, 0.3) is 0 Å². The number of alkyl carbamates (subject to hydrolysis) is 1. The number of esters is 1. The van der Waals surface area contributed by atoms with E-state index in [1.165, 1.54) is 13.3 Å². The van der Waals surface area contributed by atoms with Crippen molar-refractivity contribution in [3.63, 3.8) is 0 Å². The van der Waals surface area contributed by atoms with E-state index in [-0.39, 0.29) is 23.2 Å². The fraction of sp³-hybridized carbons (Fsp3) is 0.882. The number of hydrogen-bond donors (Lipinski definition) is 1. The van der Waals surface area contributed by atoms with Crippen LogP contribution in [-0.4, -0.2) is 28.8 Å². The van der Waals surface area contributed by atoms with Crippen LogP contribution in [0.2, 0.25) is 0 Å². The van der Waals surface area contributed by atoms with Crippen LogP contribution < -0.4 is 5.32 Å². The van der Waals surface area contributed by atoms with Gasteiger partial charge in [-0.3, -0.25) is 4.79 Å². The third-order valence-corrected chi connectivity index (χ3v) is 5.13. The molecule has 22 heavy (non-hydrogen) atoms. The van der Waals surface area contributed by atoms with Crippen molar-refractivity contribution in [2.45, 2.75) is 83.0 Å². The standard InChI is InChI=1S/C17H27NO4/c1-11(19)21-17-8-12-5-13(9-17)7-16(6-12,10-17)18-14(20)22-15(2,3)4/h12-13H,5-10H2,1-4H3,(H,18,20). The van der Waals surface area contributed by atoms with Crippen molar-refractivity contribution < 1.29 is 19.1 Å². The molecule has 4 saturated carbocycles. The summed E-state index contributed by atoms with van der Waals surface area (Å²) >= 11 is 0. The van der Waals surface area contributed by atoms with E-state index in [2.05, 4.69) is 5.32 Å². The molecule has 124 valence electrons. The highest BCUT2D eigenvalue weighted by Crippen LogP contribution is 2.58. The molecular formula is C17H27NO4. The Bertz CT molecular complexity index is 479. The van der Waals surface area contributed by atoms with Crippen LogP contribution in [0, 0.1) is 11.8 Å². The highest BCUT2D eigenvalue weighted by atomic mass is 16.6. The van der Waals surface area contributed by atoms with Gasteiger partial charge in [-0.25, -0.2) is 4.79 Å². The molecule has 5 heteroatoms. The first kappa shape index (κ1) is 15.6. The maximum Gasteiger partial charge on any atom is 0.408 e. The lowest BCUT2D eigenvalue weighted by Gasteiger charge is -2.61. The lowest BCUT2D eigenvalue weighted by molar-refractivity contribution is -0.189. The molecule has 4 bridgehead atoms. The fourth-order valence-electron chi connectivity index (χ4n) is 5.27. The molecule has 0 aromatic rings. The van der Waals surface area contributed by atoms with E-state index in [4.69, 9.17) is 9.47 Å². The third kappa shape index (κ3) is 3.08. The second-order valence-corrected chi connectivity index (χ2v) is 8.64. The maximum absolute atomic E-state index is 12.2. The minimum Gasteiger partial charge on any atom is -0.459 e. The molecule has 0 spiro atoms. The molecule has 0 aromatic carbocycles. The molecule has 1 amide bonds. The van der Waals surface area contributed by atoms with Gasteiger partial charge >= 0.3 is 12.1 Å². The van der Waals surface area contributed by atoms with Crippen LogP contribution in [0.5, 0.6) is 0 Å². The summed E-state index contributed by atoms with van der Waals surface area (Å²) in [6, 6.07) is 0. The van der Waals surface area contributed by atoms with Crippen LogP contribution >= 0.6 is 0 Å². The molecule has 0 heterocycles. The Morgan fingerprint density at radius 1 is 1.09 bits per heavy atom. The SMILES string of the molecule is CC(=O)OC12CC3CC(CC(NC(=O)OC(C)(C)C)(C3)C1)C2. The molecule has 0 aromatic heterocycles. The third-order valence-electron chi connectivity index (χ3n) is 5.13. The Labute approximate surface area is 132 Å². The van der Waals surface area contributed by atoms with Crippen molar-refractivity contribution in [1.82, 2.24) is 5.32 Å². The Morgan fingerprint density at radius 2 is 1.68 bits per heavy atom. The van der Waals surface area contributed by atoms with Crippen molar-refractivity contribution in [2.75, 3.05) is 0 Å². The van der Waals surface area contributed by atoms with Gasteiger partial charge < -0.3 is 14.8 Å². The average Bonchev–Trinajstić information content (AvgIpc) is 2.19. The molecule has 4 rings (SSSR count). The number of ether oxygens (including phenoxy) is 2. The highest BCUT2D eigenvalue weighted by molar-refractivity contribution is 5.69. The summed E-state index contributed by atoms with van der Waals surface area (Å²) in [5, 5.41) is 3.13. The lowest BCUT2D eigenvalue weighted by atomic mass is 9.51. The Balaban J connectivity index is 1.76. The molecule has 0 aliphatic heterocycles. The highest BCUT2D eigenvalue weighted by Gasteiger charge is 2.60. The van der Waals surface area contributed by atoms with Crippen molar-refractivity contribution in [1.29, 1.82) is 0 Å². The predicted molar refractivity (Wildman–Crippen MR) is 81.3 cm³/mol. The zero-order valence-electron chi connectivity index (χ0n) is 14.0. The van der Waals surface area contributed by atoms with Crippen molar-refractivity contribution in [2.24, 2.45) is 11.8 Å². The summed E-state index contributed by atoms with van der Waals surface area (Å²) in [5.74, 6) is 0.862. The second kappa shape index (κ2) is 4.87. The monoisotopic (exact) mass is 309 g/mol. The normalized spacial score (nSPS) is 39.5. The molecule has 0 radical (unpaired) electrons. The summed E-state index contributed by atoms with van der Waals surface area (Å²) in [6.07, 6.45) is 5.42. The molecule has 4 aliphatic rings. The van der Waals surface area contributed by atoms with Crippen LogP contribution in [0.3, 0.4) is 0 Å². The van der Waals surface area contributed by atoms with Crippen LogP contribution in [0.1, 0.15) is 66.2 Å². The van der Waals surface area contributed by atoms with E-state index in [0.29, 0.717) is 11.8 Å². The zero-order chi connectivity index (χ0) is 16.2. The zero-order valence-corrected chi connectivity index (χ0v) is 14.0. The Morgan fingerprint density at radius 3 is 2.18 bits per heavy atom. The quantitative estimate of drug-likeness (QED) is 0.796. The first-order valence-electron chi connectivity index (χ1n) is 8.30. The fourth-order valence-corrected chi connectivity index (χ4v) is 5.27. The first-order valence-corrected chi connectivity index (χ1v) is 8.30. The Hall–Kier alpha value is -1.26. The summed E-state index contributed by atoms with van der Waals surface area (Å²) < 4.78 is 11.2. The van der Waals surface area contributed by atoms with Crippen LogP contribution in [0.4, 0.5) is 4.79 Å². The van der Waals surface area contributed by atoms with Gasteiger partial charge in [-0.05, 0) is 64.7 Å². The molecule has 5 nitrogen and oxygen atoms in total. The van der Waals surface area contributed by atoms with Gasteiger partial charge in [-0.1, -0.05) is 0 Å². The minimum absolute atomic E-state index is 0.214. The number of amides is 1. The van der Waals surface area contributed by atoms with Gasteiger partial charge in [0.1, 0.15) is 11.2 Å². The van der Waals surface area contributed by atoms with Crippen molar-refractivity contribution in [3.05, 3.63) is 0 Å². The van der Waals surface area contributed by atoms with Crippen LogP contribution in [-0.2, 0) is 14.3 Å². The van der Waals surface area contributed by atoms with E-state index in [1.54, 1.807) is 0 Å². The molecule has 0 saturated heterocycles. The summed E-state index contributed by atoms with van der Waals surface area (Å²) in [5.41, 5.74) is -1.13. The largest absolute Gasteiger partial charge is 0.459 e. The van der Waals surface area contributed by atoms with Gasteiger partial charge in [-0.2, -0.15) is 0 Å². The summed E-state index contributed by atoms with van der Waals surface area (Å²) in [6.45, 7) is 7.08. The number of nitrogens with one attached hydrogen (secondary N) is 1. The van der Waals surface area contributed by atoms with Gasteiger partial charge in [0.2, 0.25) is 0 Å². The first-order chi connectivity index (χ1) is 10.1. The van der Waals surface area contributed by atoms with E-state index >= 15 is 0 Å². The van der Waals surface area contributed by atoms with Crippen LogP contribution in [0.15, 0.2) is 0 Å². The van der Waals surface area contributed by atoms with Gasteiger partial charge in [0, 0.05) is 18.9 Å². The summed E-state index contributed by atoms with van der Waals surface area (Å²) in [4.78, 5) is 23.7. The molecule has 1 N–H and O–H groups in total. The van der Waals surface area contributed by atoms with E-state index in [1.807, 2.05) is 20.8 Å². The smallest absolute Gasteiger partial charge is 0.408 e. The molecule has 4 aliphatic carbocycles. The molecule has 4 fully saturated rings. The van der Waals surface area contributed by atoms with Gasteiger partial charge in [-0.15, -0.1) is 0 Å². The summed E-state index contributed by atoms with van der Waals surface area (Å²) in [7, 11) is 0. The van der Waals surface area contributed by atoms with E-state index in [9.17, 15) is 9.59 Å². The van der Waals surface area contributed by atoms with E-state index < -0.39 is 5.60 Å². The molecule has 2 atom stereocenters. The van der Waals surface area contributed by atoms with Crippen molar-refractivity contribution in [3.8, 4) is 0 Å². The Kier molecular flexibility index (Phi) is 3.46. The number of carbonyl (C=O) groups excluding carboxylic acids is 2. The molecule has 2 unspecified atom stereocenters. The molecular weight excluding hydrogens is 282 g/mol. The topological polar surface area (TPSA) is 64.6 Å².